The van der Waals surface area contributed by atoms with E-state index in [1.165, 1.54) is 12.8 Å². The molecule has 0 aliphatic carbocycles. The molecule has 114 valence electrons. The largest absolute Gasteiger partial charge is 0.350 e. The first-order valence-electron chi connectivity index (χ1n) is 7.69. The van der Waals surface area contributed by atoms with Crippen LogP contribution in [0.5, 0.6) is 0 Å². The van der Waals surface area contributed by atoms with E-state index >= 15 is 0 Å². The van der Waals surface area contributed by atoms with Crippen molar-refractivity contribution in [2.75, 3.05) is 6.54 Å². The lowest BCUT2D eigenvalue weighted by Crippen LogP contribution is -2.33. The lowest BCUT2D eigenvalue weighted by molar-refractivity contribution is 0.0937. The highest BCUT2D eigenvalue weighted by molar-refractivity contribution is 5.97. The molecule has 3 N–H and O–H groups in total. The third kappa shape index (κ3) is 6.01. The molecule has 3 heteroatoms. The van der Waals surface area contributed by atoms with E-state index in [4.69, 9.17) is 5.73 Å². The number of carbonyl (C=O) groups excluding carboxylic acids is 1. The highest BCUT2D eigenvalue weighted by atomic mass is 16.1. The highest BCUT2D eigenvalue weighted by Crippen LogP contribution is 2.12. The van der Waals surface area contributed by atoms with Crippen molar-refractivity contribution < 1.29 is 4.79 Å². The van der Waals surface area contributed by atoms with Crippen LogP contribution in [0.15, 0.2) is 18.2 Å². The van der Waals surface area contributed by atoms with E-state index in [1.807, 2.05) is 32.0 Å². The maximum absolute atomic E-state index is 12.4. The Labute approximate surface area is 128 Å². The van der Waals surface area contributed by atoms with Crippen LogP contribution in [-0.4, -0.2) is 18.5 Å². The van der Waals surface area contributed by atoms with Crippen LogP contribution in [-0.2, 0) is 0 Å². The summed E-state index contributed by atoms with van der Waals surface area (Å²) in [5.74, 6) is 5.75. The summed E-state index contributed by atoms with van der Waals surface area (Å²) in [6.07, 6.45) is 4.55. The van der Waals surface area contributed by atoms with Crippen molar-refractivity contribution in [3.05, 3.63) is 34.9 Å². The van der Waals surface area contributed by atoms with Crippen LogP contribution in [0, 0.1) is 18.8 Å². The lowest BCUT2D eigenvalue weighted by Gasteiger charge is -2.14. The molecule has 0 aromatic heterocycles. The Morgan fingerprint density at radius 2 is 2.14 bits per heavy atom. The summed E-state index contributed by atoms with van der Waals surface area (Å²) in [7, 11) is 0. The number of hydrogen-bond acceptors (Lipinski definition) is 2. The van der Waals surface area contributed by atoms with Crippen LogP contribution in [0.4, 0.5) is 0 Å². The number of benzene rings is 1. The quantitative estimate of drug-likeness (QED) is 0.624. The zero-order valence-electron chi connectivity index (χ0n) is 13.3. The molecule has 1 aromatic rings. The molecule has 1 rings (SSSR count). The molecular weight excluding hydrogens is 260 g/mol. The molecule has 21 heavy (non-hydrogen) atoms. The first kappa shape index (κ1) is 17.3. The van der Waals surface area contributed by atoms with Gasteiger partial charge in [-0.3, -0.25) is 4.79 Å². The Kier molecular flexibility index (Phi) is 7.56. The van der Waals surface area contributed by atoms with Gasteiger partial charge in [0.1, 0.15) is 0 Å². The zero-order valence-corrected chi connectivity index (χ0v) is 13.3. The number of nitrogens with two attached hydrogens (primary N) is 1. The van der Waals surface area contributed by atoms with Crippen molar-refractivity contribution in [2.45, 2.75) is 52.5 Å². The van der Waals surface area contributed by atoms with Crippen LogP contribution in [0.2, 0.25) is 0 Å². The topological polar surface area (TPSA) is 55.1 Å². The van der Waals surface area contributed by atoms with E-state index in [9.17, 15) is 4.79 Å². The molecule has 0 saturated heterocycles. The predicted molar refractivity (Wildman–Crippen MR) is 88.2 cm³/mol. The van der Waals surface area contributed by atoms with Gasteiger partial charge in [0.2, 0.25) is 0 Å². The monoisotopic (exact) mass is 286 g/mol. The second-order valence-electron chi connectivity index (χ2n) is 5.43. The number of carbonyl (C=O) groups is 1. The van der Waals surface area contributed by atoms with Gasteiger partial charge in [-0.25, -0.2) is 0 Å². The van der Waals surface area contributed by atoms with Gasteiger partial charge in [-0.2, -0.15) is 0 Å². The summed E-state index contributed by atoms with van der Waals surface area (Å²) in [5, 5.41) is 3.05. The number of nitrogens with one attached hydrogen (secondary N) is 1. The zero-order chi connectivity index (χ0) is 15.7. The fourth-order valence-corrected chi connectivity index (χ4v) is 2.18. The Morgan fingerprint density at radius 1 is 1.38 bits per heavy atom. The molecule has 1 amide bonds. The number of hydrogen-bond donors (Lipinski definition) is 2. The van der Waals surface area contributed by atoms with Gasteiger partial charge in [-0.15, -0.1) is 0 Å². The van der Waals surface area contributed by atoms with Gasteiger partial charge >= 0.3 is 0 Å². The van der Waals surface area contributed by atoms with Crippen LogP contribution >= 0.6 is 0 Å². The average Bonchev–Trinajstić information content (AvgIpc) is 2.45. The van der Waals surface area contributed by atoms with Crippen molar-refractivity contribution in [1.29, 1.82) is 0 Å². The van der Waals surface area contributed by atoms with Gasteiger partial charge in [-0.05, 0) is 38.0 Å². The summed E-state index contributed by atoms with van der Waals surface area (Å²) >= 11 is 0. The molecule has 0 saturated carbocycles. The Hall–Kier alpha value is -1.79. The molecule has 0 bridgehead atoms. The Bertz CT molecular complexity index is 526. The van der Waals surface area contributed by atoms with E-state index in [2.05, 4.69) is 24.1 Å². The predicted octanol–water partition coefficient (Wildman–Crippen LogP) is 3.00. The minimum absolute atomic E-state index is 0.0553. The highest BCUT2D eigenvalue weighted by Gasteiger charge is 2.13. The molecule has 1 atom stereocenters. The van der Waals surface area contributed by atoms with Crippen LogP contribution < -0.4 is 11.1 Å². The van der Waals surface area contributed by atoms with Gasteiger partial charge in [0.15, 0.2) is 0 Å². The van der Waals surface area contributed by atoms with Crippen molar-refractivity contribution in [3.63, 3.8) is 0 Å². The third-order valence-corrected chi connectivity index (χ3v) is 3.36. The Balaban J connectivity index is 2.77. The van der Waals surface area contributed by atoms with Crippen molar-refractivity contribution in [3.8, 4) is 11.8 Å². The normalized spacial score (nSPS) is 11.4. The van der Waals surface area contributed by atoms with Crippen molar-refractivity contribution in [1.82, 2.24) is 5.32 Å². The molecule has 0 radical (unpaired) electrons. The first-order valence-corrected chi connectivity index (χ1v) is 7.69. The molecule has 0 fully saturated rings. The molecule has 0 aliphatic rings. The summed E-state index contributed by atoms with van der Waals surface area (Å²) in [6, 6.07) is 5.88. The fraction of sp³-hybridized carbons (Fsp3) is 0.500. The van der Waals surface area contributed by atoms with E-state index < -0.39 is 0 Å². The molecular formula is C18H26N2O. The van der Waals surface area contributed by atoms with Crippen LogP contribution in [0.25, 0.3) is 0 Å². The van der Waals surface area contributed by atoms with E-state index in [1.54, 1.807) is 0 Å². The minimum atomic E-state index is -0.0553. The number of aryl methyl sites for hydroxylation is 1. The third-order valence-electron chi connectivity index (χ3n) is 3.36. The second kappa shape index (κ2) is 9.20. The van der Waals surface area contributed by atoms with E-state index in [-0.39, 0.29) is 11.9 Å². The summed E-state index contributed by atoms with van der Waals surface area (Å²) in [6.45, 7) is 6.51. The number of amides is 1. The smallest absolute Gasteiger partial charge is 0.252 e. The summed E-state index contributed by atoms with van der Waals surface area (Å²) in [5.41, 5.74) is 7.88. The number of unbranched alkanes of at least 4 members (excludes halogenated alkanes) is 2. The maximum Gasteiger partial charge on any atom is 0.252 e. The van der Waals surface area contributed by atoms with Gasteiger partial charge in [-0.1, -0.05) is 44.1 Å². The standard InChI is InChI=1S/C18H26N2O/c1-4-5-6-8-15(3)20-18(21)17-11-10-14(2)13-16(17)9-7-12-19/h10-11,13,15H,4-6,8,12,19H2,1-3H3,(H,20,21). The Morgan fingerprint density at radius 3 is 2.81 bits per heavy atom. The first-order chi connectivity index (χ1) is 10.1. The molecule has 1 unspecified atom stereocenters. The molecule has 0 spiro atoms. The molecule has 0 heterocycles. The van der Waals surface area contributed by atoms with E-state index in [0.717, 1.165) is 24.0 Å². The summed E-state index contributed by atoms with van der Waals surface area (Å²) < 4.78 is 0. The van der Waals surface area contributed by atoms with Gasteiger partial charge in [0.25, 0.3) is 5.91 Å². The van der Waals surface area contributed by atoms with Gasteiger partial charge in [0.05, 0.1) is 12.1 Å². The molecule has 1 aromatic carbocycles. The van der Waals surface area contributed by atoms with E-state index in [0.29, 0.717) is 12.1 Å². The van der Waals surface area contributed by atoms with Crippen molar-refractivity contribution >= 4 is 5.91 Å². The minimum Gasteiger partial charge on any atom is -0.350 e. The summed E-state index contributed by atoms with van der Waals surface area (Å²) in [4.78, 5) is 12.4. The fourth-order valence-electron chi connectivity index (χ4n) is 2.18. The van der Waals surface area contributed by atoms with Crippen molar-refractivity contribution in [2.24, 2.45) is 5.73 Å². The van der Waals surface area contributed by atoms with Crippen LogP contribution in [0.1, 0.15) is 61.0 Å². The SMILES string of the molecule is CCCCCC(C)NC(=O)c1ccc(C)cc1C#CCN. The second-order valence-corrected chi connectivity index (χ2v) is 5.43. The molecule has 3 nitrogen and oxygen atoms in total. The molecule has 0 aliphatic heterocycles. The lowest BCUT2D eigenvalue weighted by atomic mass is 10.0. The number of rotatable bonds is 6. The van der Waals surface area contributed by atoms with Gasteiger partial charge < -0.3 is 11.1 Å². The maximum atomic E-state index is 12.4. The van der Waals surface area contributed by atoms with Crippen LogP contribution in [0.3, 0.4) is 0 Å². The van der Waals surface area contributed by atoms with Gasteiger partial charge in [0, 0.05) is 11.6 Å². The average molecular weight is 286 g/mol.